The van der Waals surface area contributed by atoms with E-state index in [-0.39, 0.29) is 12.3 Å². The van der Waals surface area contributed by atoms with Gasteiger partial charge >= 0.3 is 0 Å². The van der Waals surface area contributed by atoms with E-state index in [1.807, 2.05) is 4.90 Å². The summed E-state index contributed by atoms with van der Waals surface area (Å²) in [5, 5.41) is 3.42. The molecule has 1 saturated heterocycles. The smallest absolute Gasteiger partial charge is 0.252 e. The highest BCUT2D eigenvalue weighted by Crippen LogP contribution is 2.47. The standard InChI is InChI=1S/C9H14F2N4/c10-9(11)2-1-7-5-15(6-8(7)9)4-3-13-14-12/h7-8H,1-6H2/t7-,8-/m1/s1. The number of nitrogens with zero attached hydrogens (tertiary/aromatic N) is 4. The van der Waals surface area contributed by atoms with Crippen LogP contribution in [0.1, 0.15) is 12.8 Å². The van der Waals surface area contributed by atoms with Crippen LogP contribution >= 0.6 is 0 Å². The molecule has 0 aromatic heterocycles. The number of rotatable bonds is 3. The molecule has 84 valence electrons. The number of azide groups is 1. The van der Waals surface area contributed by atoms with Crippen molar-refractivity contribution in [2.45, 2.75) is 18.8 Å². The fourth-order valence-corrected chi connectivity index (χ4v) is 2.71. The summed E-state index contributed by atoms with van der Waals surface area (Å²) < 4.78 is 26.7. The molecule has 6 heteroatoms. The summed E-state index contributed by atoms with van der Waals surface area (Å²) in [4.78, 5) is 4.63. The predicted octanol–water partition coefficient (Wildman–Crippen LogP) is 2.27. The molecule has 2 aliphatic rings. The number of alkyl halides is 2. The number of hydrogen-bond acceptors (Lipinski definition) is 2. The minimum Gasteiger partial charge on any atom is -0.302 e. The largest absolute Gasteiger partial charge is 0.302 e. The van der Waals surface area contributed by atoms with E-state index in [0.717, 1.165) is 6.54 Å². The van der Waals surface area contributed by atoms with Crippen LogP contribution in [0, 0.1) is 11.8 Å². The minimum atomic E-state index is -2.47. The zero-order valence-corrected chi connectivity index (χ0v) is 8.44. The normalized spacial score (nSPS) is 33.7. The molecule has 2 atom stereocenters. The van der Waals surface area contributed by atoms with Crippen LogP contribution in [0.15, 0.2) is 5.11 Å². The van der Waals surface area contributed by atoms with Gasteiger partial charge in [-0.2, -0.15) is 0 Å². The van der Waals surface area contributed by atoms with E-state index < -0.39 is 11.8 Å². The maximum atomic E-state index is 13.4. The van der Waals surface area contributed by atoms with Crippen molar-refractivity contribution in [2.24, 2.45) is 17.0 Å². The Balaban J connectivity index is 1.87. The van der Waals surface area contributed by atoms with Gasteiger partial charge in [-0.25, -0.2) is 8.78 Å². The third-order valence-electron chi connectivity index (χ3n) is 3.49. The van der Waals surface area contributed by atoms with Crippen LogP contribution in [0.2, 0.25) is 0 Å². The molecule has 0 radical (unpaired) electrons. The summed E-state index contributed by atoms with van der Waals surface area (Å²) >= 11 is 0. The van der Waals surface area contributed by atoms with E-state index in [1.54, 1.807) is 0 Å². The molecule has 0 bridgehead atoms. The Kier molecular flexibility index (Phi) is 2.80. The molecular weight excluding hydrogens is 202 g/mol. The molecule has 2 rings (SSSR count). The van der Waals surface area contributed by atoms with Gasteiger partial charge in [0.05, 0.1) is 0 Å². The average molecular weight is 216 g/mol. The topological polar surface area (TPSA) is 52.0 Å². The molecule has 0 amide bonds. The van der Waals surface area contributed by atoms with E-state index in [1.165, 1.54) is 0 Å². The molecular formula is C9H14F2N4. The molecule has 0 N–H and O–H groups in total. The Morgan fingerprint density at radius 2 is 2.27 bits per heavy atom. The highest BCUT2D eigenvalue weighted by atomic mass is 19.3. The van der Waals surface area contributed by atoms with Crippen LogP contribution < -0.4 is 0 Å². The lowest BCUT2D eigenvalue weighted by Crippen LogP contribution is -2.30. The Morgan fingerprint density at radius 3 is 2.93 bits per heavy atom. The Bertz CT molecular complexity index is 288. The Labute approximate surface area is 86.9 Å². The lowest BCUT2D eigenvalue weighted by molar-refractivity contribution is -0.0397. The fourth-order valence-electron chi connectivity index (χ4n) is 2.71. The van der Waals surface area contributed by atoms with Crippen molar-refractivity contribution < 1.29 is 8.78 Å². The van der Waals surface area contributed by atoms with Gasteiger partial charge in [0, 0.05) is 43.4 Å². The van der Waals surface area contributed by atoms with Gasteiger partial charge in [-0.1, -0.05) is 5.11 Å². The molecule has 1 saturated carbocycles. The number of halogens is 2. The van der Waals surface area contributed by atoms with Crippen molar-refractivity contribution in [3.05, 3.63) is 10.4 Å². The SMILES string of the molecule is [N-]=[N+]=NCCN1C[C@H]2CCC(F)(F)[C@@H]2C1. The summed E-state index contributed by atoms with van der Waals surface area (Å²) in [7, 11) is 0. The molecule has 1 heterocycles. The fraction of sp³-hybridized carbons (Fsp3) is 1.00. The highest BCUT2D eigenvalue weighted by molar-refractivity contribution is 4.98. The second kappa shape index (κ2) is 3.94. The molecule has 0 aromatic rings. The van der Waals surface area contributed by atoms with Crippen molar-refractivity contribution in [2.75, 3.05) is 26.2 Å². The zero-order valence-electron chi connectivity index (χ0n) is 8.44. The molecule has 2 fully saturated rings. The van der Waals surface area contributed by atoms with Crippen molar-refractivity contribution >= 4 is 0 Å². The number of hydrogen-bond donors (Lipinski definition) is 0. The van der Waals surface area contributed by atoms with Gasteiger partial charge in [0.15, 0.2) is 0 Å². The first kappa shape index (κ1) is 10.6. The summed E-state index contributed by atoms with van der Waals surface area (Å²) in [6.07, 6.45) is 0.683. The predicted molar refractivity (Wildman–Crippen MR) is 51.6 cm³/mol. The van der Waals surface area contributed by atoms with Crippen LogP contribution in [0.4, 0.5) is 8.78 Å². The van der Waals surface area contributed by atoms with Crippen LogP contribution in [0.25, 0.3) is 10.4 Å². The second-order valence-electron chi connectivity index (χ2n) is 4.38. The van der Waals surface area contributed by atoms with E-state index in [9.17, 15) is 8.78 Å². The maximum absolute atomic E-state index is 13.4. The van der Waals surface area contributed by atoms with Crippen molar-refractivity contribution in [3.63, 3.8) is 0 Å². The first-order chi connectivity index (χ1) is 7.13. The highest BCUT2D eigenvalue weighted by Gasteiger charge is 2.53. The van der Waals surface area contributed by atoms with Gasteiger partial charge in [-0.05, 0) is 17.9 Å². The van der Waals surface area contributed by atoms with Crippen molar-refractivity contribution in [1.29, 1.82) is 0 Å². The molecule has 0 spiro atoms. The molecule has 4 nitrogen and oxygen atoms in total. The maximum Gasteiger partial charge on any atom is 0.252 e. The molecule has 0 unspecified atom stereocenters. The third-order valence-corrected chi connectivity index (χ3v) is 3.49. The van der Waals surface area contributed by atoms with E-state index in [0.29, 0.717) is 26.1 Å². The Morgan fingerprint density at radius 1 is 1.47 bits per heavy atom. The Hall–Kier alpha value is -0.870. The van der Waals surface area contributed by atoms with Crippen LogP contribution in [0.5, 0.6) is 0 Å². The van der Waals surface area contributed by atoms with Crippen LogP contribution in [-0.2, 0) is 0 Å². The number of likely N-dealkylation sites (tertiary alicyclic amines) is 1. The molecule has 1 aliphatic carbocycles. The monoisotopic (exact) mass is 216 g/mol. The summed E-state index contributed by atoms with van der Waals surface area (Å²) in [5.74, 6) is -2.80. The molecule has 1 aliphatic heterocycles. The van der Waals surface area contributed by atoms with Crippen LogP contribution in [0.3, 0.4) is 0 Å². The van der Waals surface area contributed by atoms with Gasteiger partial charge in [-0.3, -0.25) is 0 Å². The first-order valence-electron chi connectivity index (χ1n) is 5.24. The van der Waals surface area contributed by atoms with Gasteiger partial charge in [0.1, 0.15) is 0 Å². The molecule has 0 aromatic carbocycles. The summed E-state index contributed by atoms with van der Waals surface area (Å²) in [6, 6.07) is 0. The van der Waals surface area contributed by atoms with Crippen molar-refractivity contribution in [1.82, 2.24) is 4.90 Å². The van der Waals surface area contributed by atoms with E-state index in [4.69, 9.17) is 5.53 Å². The minimum absolute atomic E-state index is 0.0481. The first-order valence-corrected chi connectivity index (χ1v) is 5.24. The van der Waals surface area contributed by atoms with Gasteiger partial charge in [0.25, 0.3) is 5.92 Å². The summed E-state index contributed by atoms with van der Waals surface area (Å²) in [5.41, 5.74) is 8.10. The van der Waals surface area contributed by atoms with Gasteiger partial charge in [-0.15, -0.1) is 0 Å². The summed E-state index contributed by atoms with van der Waals surface area (Å²) in [6.45, 7) is 2.18. The van der Waals surface area contributed by atoms with Gasteiger partial charge in [0.2, 0.25) is 0 Å². The second-order valence-corrected chi connectivity index (χ2v) is 4.38. The lowest BCUT2D eigenvalue weighted by atomic mass is 9.99. The zero-order chi connectivity index (χ0) is 10.9. The molecule has 15 heavy (non-hydrogen) atoms. The lowest BCUT2D eigenvalue weighted by Gasteiger charge is -2.19. The van der Waals surface area contributed by atoms with Crippen molar-refractivity contribution in [3.8, 4) is 0 Å². The van der Waals surface area contributed by atoms with E-state index in [2.05, 4.69) is 10.0 Å². The van der Waals surface area contributed by atoms with Gasteiger partial charge < -0.3 is 4.90 Å². The van der Waals surface area contributed by atoms with E-state index >= 15 is 0 Å². The quantitative estimate of drug-likeness (QED) is 0.405. The average Bonchev–Trinajstić information content (AvgIpc) is 2.69. The number of fused-ring (bicyclic) bond motifs is 1. The third kappa shape index (κ3) is 2.06. The van der Waals surface area contributed by atoms with Crippen LogP contribution in [-0.4, -0.2) is 37.0 Å².